The number of nitrogens with zero attached hydrogens (tertiary/aromatic N) is 4. The first-order valence-electron chi connectivity index (χ1n) is 8.55. The van der Waals surface area contributed by atoms with E-state index in [0.717, 1.165) is 44.1 Å². The summed E-state index contributed by atoms with van der Waals surface area (Å²) in [5, 5.41) is 12.2. The summed E-state index contributed by atoms with van der Waals surface area (Å²) >= 11 is 0. The van der Waals surface area contributed by atoms with Gasteiger partial charge in [-0.3, -0.25) is 0 Å². The monoisotopic (exact) mass is 339 g/mol. The molecule has 0 aliphatic carbocycles. The van der Waals surface area contributed by atoms with Crippen molar-refractivity contribution < 1.29 is 4.39 Å². The minimum absolute atomic E-state index is 0.304. The number of hydrogen-bond donors (Lipinski definition) is 1. The molecule has 0 spiro atoms. The number of nitrogens with one attached hydrogen (secondary N) is 1. The molecule has 130 valence electrons. The van der Waals surface area contributed by atoms with Gasteiger partial charge in [0.2, 0.25) is 0 Å². The van der Waals surface area contributed by atoms with Gasteiger partial charge in [-0.15, -0.1) is 0 Å². The predicted octanol–water partition coefficient (Wildman–Crippen LogP) is 2.85. The smallest absolute Gasteiger partial charge is 0.128 e. The highest BCUT2D eigenvalue weighted by atomic mass is 19.1. The van der Waals surface area contributed by atoms with Crippen LogP contribution >= 0.6 is 0 Å². The summed E-state index contributed by atoms with van der Waals surface area (Å²) in [6.45, 7) is 7.97. The summed E-state index contributed by atoms with van der Waals surface area (Å²) < 4.78 is 13.2. The first-order chi connectivity index (χ1) is 12.2. The largest absolute Gasteiger partial charge is 0.380 e. The second-order valence-electron chi connectivity index (χ2n) is 6.10. The van der Waals surface area contributed by atoms with Crippen molar-refractivity contribution in [2.45, 2.75) is 13.5 Å². The van der Waals surface area contributed by atoms with Crippen molar-refractivity contribution in [1.29, 1.82) is 5.26 Å². The molecule has 0 saturated carbocycles. The maximum absolute atomic E-state index is 13.2. The van der Waals surface area contributed by atoms with E-state index in [1.807, 2.05) is 24.4 Å². The fourth-order valence-corrected chi connectivity index (χ4v) is 2.96. The first kappa shape index (κ1) is 17.2. The number of benzene rings is 1. The molecule has 6 heteroatoms. The molecule has 3 rings (SSSR count). The van der Waals surface area contributed by atoms with Crippen LogP contribution in [0.4, 0.5) is 15.9 Å². The zero-order chi connectivity index (χ0) is 17.6. The van der Waals surface area contributed by atoms with Crippen LogP contribution in [0, 0.1) is 17.1 Å². The van der Waals surface area contributed by atoms with Crippen LogP contribution in [0.3, 0.4) is 0 Å². The molecule has 1 saturated heterocycles. The van der Waals surface area contributed by atoms with Crippen LogP contribution in [0.2, 0.25) is 0 Å². The Bertz CT molecular complexity index is 745. The van der Waals surface area contributed by atoms with E-state index in [2.05, 4.69) is 27.0 Å². The molecule has 2 aromatic rings. The average molecular weight is 339 g/mol. The Kier molecular flexibility index (Phi) is 5.46. The molecule has 0 radical (unpaired) electrons. The van der Waals surface area contributed by atoms with Gasteiger partial charge in [-0.05, 0) is 36.4 Å². The summed E-state index contributed by atoms with van der Waals surface area (Å²) in [6.07, 6.45) is 1.85. The molecule has 5 nitrogen and oxygen atoms in total. The lowest BCUT2D eigenvalue weighted by Gasteiger charge is -2.34. The van der Waals surface area contributed by atoms with E-state index < -0.39 is 5.82 Å². The number of likely N-dealkylation sites (N-methyl/N-ethyl adjacent to an activating group) is 1. The molecular weight excluding hydrogens is 317 g/mol. The zero-order valence-electron chi connectivity index (χ0n) is 14.4. The van der Waals surface area contributed by atoms with Crippen molar-refractivity contribution in [2.24, 2.45) is 0 Å². The fraction of sp³-hybridized carbons (Fsp3) is 0.368. The molecule has 2 heterocycles. The number of piperazine rings is 1. The number of aromatic nitrogens is 1. The van der Waals surface area contributed by atoms with Crippen LogP contribution < -0.4 is 10.2 Å². The highest BCUT2D eigenvalue weighted by Crippen LogP contribution is 2.18. The number of anilines is 2. The minimum Gasteiger partial charge on any atom is -0.380 e. The molecule has 1 aromatic heterocycles. The summed E-state index contributed by atoms with van der Waals surface area (Å²) in [7, 11) is 0. The molecule has 0 atom stereocenters. The van der Waals surface area contributed by atoms with Crippen LogP contribution in [0.25, 0.3) is 0 Å². The van der Waals surface area contributed by atoms with Crippen molar-refractivity contribution in [3.8, 4) is 6.07 Å². The highest BCUT2D eigenvalue weighted by Gasteiger charge is 2.16. The van der Waals surface area contributed by atoms with E-state index in [4.69, 9.17) is 5.26 Å². The van der Waals surface area contributed by atoms with Crippen LogP contribution in [-0.2, 0) is 6.54 Å². The molecule has 0 amide bonds. The number of hydrogen-bond acceptors (Lipinski definition) is 5. The molecule has 1 aromatic carbocycles. The molecule has 1 aliphatic rings. The van der Waals surface area contributed by atoms with Gasteiger partial charge in [0, 0.05) is 38.9 Å². The lowest BCUT2D eigenvalue weighted by Crippen LogP contribution is -2.46. The summed E-state index contributed by atoms with van der Waals surface area (Å²) in [5.74, 6) is 0.593. The Labute approximate surface area is 147 Å². The summed E-state index contributed by atoms with van der Waals surface area (Å²) in [5.41, 5.74) is 1.95. The van der Waals surface area contributed by atoms with Gasteiger partial charge in [0.25, 0.3) is 0 Å². The zero-order valence-corrected chi connectivity index (χ0v) is 14.4. The lowest BCUT2D eigenvalue weighted by atomic mass is 10.2. The number of halogens is 1. The number of nitriles is 1. The molecule has 0 bridgehead atoms. The van der Waals surface area contributed by atoms with Gasteiger partial charge >= 0.3 is 0 Å². The molecule has 1 fully saturated rings. The standard InChI is InChI=1S/C19H22FN5/c1-2-24-7-9-25(10-8-24)19-6-3-15(14-23-19)13-22-18-5-4-17(20)11-16(18)12-21/h3-6,11,14,22H,2,7-10,13H2,1H3. The number of pyridine rings is 1. The van der Waals surface area contributed by atoms with Crippen molar-refractivity contribution in [1.82, 2.24) is 9.88 Å². The predicted molar refractivity (Wildman–Crippen MR) is 97.0 cm³/mol. The summed E-state index contributed by atoms with van der Waals surface area (Å²) in [4.78, 5) is 9.30. The van der Waals surface area contributed by atoms with E-state index in [1.54, 1.807) is 6.07 Å². The first-order valence-corrected chi connectivity index (χ1v) is 8.55. The van der Waals surface area contributed by atoms with Crippen molar-refractivity contribution in [3.05, 3.63) is 53.5 Å². The SMILES string of the molecule is CCN1CCN(c2ccc(CNc3ccc(F)cc3C#N)cn2)CC1. The Morgan fingerprint density at radius 1 is 1.20 bits per heavy atom. The van der Waals surface area contributed by atoms with Crippen LogP contribution in [-0.4, -0.2) is 42.6 Å². The Hall–Kier alpha value is -2.65. The molecule has 1 N–H and O–H groups in total. The highest BCUT2D eigenvalue weighted by molar-refractivity contribution is 5.57. The van der Waals surface area contributed by atoms with Gasteiger partial charge in [-0.2, -0.15) is 5.26 Å². The van der Waals surface area contributed by atoms with Gasteiger partial charge in [0.15, 0.2) is 0 Å². The quantitative estimate of drug-likeness (QED) is 0.908. The van der Waals surface area contributed by atoms with Gasteiger partial charge in [-0.1, -0.05) is 13.0 Å². The van der Waals surface area contributed by atoms with E-state index in [9.17, 15) is 4.39 Å². The maximum Gasteiger partial charge on any atom is 0.128 e. The van der Waals surface area contributed by atoms with E-state index in [0.29, 0.717) is 17.8 Å². The van der Waals surface area contributed by atoms with Gasteiger partial charge in [-0.25, -0.2) is 9.37 Å². The van der Waals surface area contributed by atoms with Crippen molar-refractivity contribution in [2.75, 3.05) is 42.9 Å². The minimum atomic E-state index is -0.406. The fourth-order valence-electron chi connectivity index (χ4n) is 2.96. The molecular formula is C19H22FN5. The Morgan fingerprint density at radius 3 is 2.64 bits per heavy atom. The second-order valence-corrected chi connectivity index (χ2v) is 6.10. The van der Waals surface area contributed by atoms with Crippen LogP contribution in [0.5, 0.6) is 0 Å². The van der Waals surface area contributed by atoms with Crippen LogP contribution in [0.15, 0.2) is 36.5 Å². The number of rotatable bonds is 5. The molecule has 1 aliphatic heterocycles. The Morgan fingerprint density at radius 2 is 2.00 bits per heavy atom. The topological polar surface area (TPSA) is 55.2 Å². The van der Waals surface area contributed by atoms with Gasteiger partial charge < -0.3 is 15.1 Å². The summed E-state index contributed by atoms with van der Waals surface area (Å²) in [6, 6.07) is 10.2. The maximum atomic E-state index is 13.2. The normalized spacial score (nSPS) is 15.0. The third kappa shape index (κ3) is 4.25. The van der Waals surface area contributed by atoms with E-state index in [1.165, 1.54) is 12.1 Å². The third-order valence-electron chi connectivity index (χ3n) is 4.54. The Balaban J connectivity index is 1.59. The van der Waals surface area contributed by atoms with Crippen LogP contribution in [0.1, 0.15) is 18.1 Å². The van der Waals surface area contributed by atoms with E-state index >= 15 is 0 Å². The second kappa shape index (κ2) is 7.95. The lowest BCUT2D eigenvalue weighted by molar-refractivity contribution is 0.270. The van der Waals surface area contributed by atoms with Crippen molar-refractivity contribution >= 4 is 11.5 Å². The third-order valence-corrected chi connectivity index (χ3v) is 4.54. The van der Waals surface area contributed by atoms with Crippen molar-refractivity contribution in [3.63, 3.8) is 0 Å². The van der Waals surface area contributed by atoms with E-state index in [-0.39, 0.29) is 0 Å². The van der Waals surface area contributed by atoms with Gasteiger partial charge in [0.05, 0.1) is 11.3 Å². The van der Waals surface area contributed by atoms with Gasteiger partial charge in [0.1, 0.15) is 17.7 Å². The molecule has 25 heavy (non-hydrogen) atoms. The molecule has 0 unspecified atom stereocenters. The average Bonchev–Trinajstić information content (AvgIpc) is 2.67.